The predicted molar refractivity (Wildman–Crippen MR) is 69.8 cm³/mol. The van der Waals surface area contributed by atoms with Crippen LogP contribution in [0.25, 0.3) is 0 Å². The second-order valence-corrected chi connectivity index (χ2v) is 4.04. The molecule has 0 heterocycles. The maximum atomic E-state index is 9.48. The summed E-state index contributed by atoms with van der Waals surface area (Å²) in [6.45, 7) is 4.33. The molecule has 0 aromatic carbocycles. The number of unbranched alkanes of at least 4 members (excludes halogenated alkanes) is 5. The van der Waals surface area contributed by atoms with Crippen molar-refractivity contribution in [3.63, 3.8) is 0 Å². The molecule has 0 saturated carbocycles. The first kappa shape index (κ1) is 15.1. The Kier molecular flexibility index (Phi) is 11.5. The van der Waals surface area contributed by atoms with E-state index in [2.05, 4.69) is 37.5 Å². The molecule has 90 valence electrons. The van der Waals surface area contributed by atoms with Gasteiger partial charge < -0.3 is 5.11 Å². The van der Waals surface area contributed by atoms with Crippen LogP contribution in [0.2, 0.25) is 0 Å². The lowest BCUT2D eigenvalue weighted by atomic mass is 10.1. The fourth-order valence-electron chi connectivity index (χ4n) is 1.35. The molecule has 1 nitrogen and oxygen atoms in total. The lowest BCUT2D eigenvalue weighted by Crippen LogP contribution is -2.01. The minimum Gasteiger partial charge on any atom is -0.380 e. The van der Waals surface area contributed by atoms with Crippen molar-refractivity contribution in [3.8, 4) is 23.7 Å². The third-order valence-electron chi connectivity index (χ3n) is 2.38. The zero-order valence-corrected chi connectivity index (χ0v) is 10.7. The quantitative estimate of drug-likeness (QED) is 0.514. The van der Waals surface area contributed by atoms with Crippen LogP contribution in [0.15, 0.2) is 0 Å². The van der Waals surface area contributed by atoms with Gasteiger partial charge in [0.15, 0.2) is 0 Å². The van der Waals surface area contributed by atoms with Gasteiger partial charge in [-0.15, -0.1) is 0 Å². The van der Waals surface area contributed by atoms with Gasteiger partial charge in [0.2, 0.25) is 0 Å². The maximum absolute atomic E-state index is 9.48. The molecule has 0 spiro atoms. The SMILES string of the molecule is CCCCCC#CC#CC(O)CCCCC. The van der Waals surface area contributed by atoms with Gasteiger partial charge in [-0.2, -0.15) is 0 Å². The molecule has 0 aliphatic rings. The summed E-state index contributed by atoms with van der Waals surface area (Å²) >= 11 is 0. The van der Waals surface area contributed by atoms with Crippen LogP contribution in [0, 0.1) is 23.7 Å². The van der Waals surface area contributed by atoms with E-state index in [-0.39, 0.29) is 0 Å². The van der Waals surface area contributed by atoms with Gasteiger partial charge in [-0.3, -0.25) is 0 Å². The Hall–Kier alpha value is -0.920. The van der Waals surface area contributed by atoms with E-state index in [0.29, 0.717) is 0 Å². The highest BCUT2D eigenvalue weighted by Crippen LogP contribution is 2.01. The molecule has 1 heteroatoms. The van der Waals surface area contributed by atoms with Crippen molar-refractivity contribution in [1.82, 2.24) is 0 Å². The zero-order valence-electron chi connectivity index (χ0n) is 10.7. The van der Waals surface area contributed by atoms with Gasteiger partial charge >= 0.3 is 0 Å². The normalized spacial score (nSPS) is 10.9. The minimum atomic E-state index is -0.489. The lowest BCUT2D eigenvalue weighted by Gasteiger charge is -2.00. The molecule has 1 unspecified atom stereocenters. The van der Waals surface area contributed by atoms with Crippen LogP contribution in [0.5, 0.6) is 0 Å². The van der Waals surface area contributed by atoms with Crippen molar-refractivity contribution in [2.45, 2.75) is 71.3 Å². The number of aliphatic hydroxyl groups excluding tert-OH is 1. The highest BCUT2D eigenvalue weighted by molar-refractivity contribution is 5.27. The molecule has 0 aliphatic heterocycles. The van der Waals surface area contributed by atoms with Crippen molar-refractivity contribution in [3.05, 3.63) is 0 Å². The van der Waals surface area contributed by atoms with Gasteiger partial charge in [-0.05, 0) is 31.1 Å². The smallest absolute Gasteiger partial charge is 0.115 e. The van der Waals surface area contributed by atoms with Gasteiger partial charge in [0.25, 0.3) is 0 Å². The summed E-state index contributed by atoms with van der Waals surface area (Å²) in [7, 11) is 0. The third-order valence-corrected chi connectivity index (χ3v) is 2.38. The lowest BCUT2D eigenvalue weighted by molar-refractivity contribution is 0.217. The molecule has 1 N–H and O–H groups in total. The standard InChI is InChI=1S/C15H24O/c1-3-5-7-8-9-10-12-14-15(16)13-11-6-4-2/h15-16H,3-8,11,13H2,1-2H3. The predicted octanol–water partition coefficient (Wildman–Crippen LogP) is 3.51. The van der Waals surface area contributed by atoms with Gasteiger partial charge in [0.1, 0.15) is 6.10 Å². The molecule has 0 aliphatic carbocycles. The molecule has 0 amide bonds. The van der Waals surface area contributed by atoms with Gasteiger partial charge in [-0.1, -0.05) is 51.4 Å². The summed E-state index contributed by atoms with van der Waals surface area (Å²) in [5, 5.41) is 9.48. The maximum Gasteiger partial charge on any atom is 0.115 e. The topological polar surface area (TPSA) is 20.2 Å². The minimum absolute atomic E-state index is 0.489. The molecule has 0 bridgehead atoms. The van der Waals surface area contributed by atoms with Crippen molar-refractivity contribution in [2.75, 3.05) is 0 Å². The highest BCUT2D eigenvalue weighted by atomic mass is 16.3. The van der Waals surface area contributed by atoms with Crippen LogP contribution < -0.4 is 0 Å². The van der Waals surface area contributed by atoms with Crippen LogP contribution in [0.4, 0.5) is 0 Å². The van der Waals surface area contributed by atoms with Crippen LogP contribution in [0.1, 0.15) is 65.2 Å². The molecule has 16 heavy (non-hydrogen) atoms. The summed E-state index contributed by atoms with van der Waals surface area (Å²) in [6.07, 6.45) is 8.23. The largest absolute Gasteiger partial charge is 0.380 e. The molecule has 0 aromatic heterocycles. The fourth-order valence-corrected chi connectivity index (χ4v) is 1.35. The van der Waals surface area contributed by atoms with E-state index in [1.165, 1.54) is 25.7 Å². The Balaban J connectivity index is 3.57. The van der Waals surface area contributed by atoms with Gasteiger partial charge in [0.05, 0.1) is 0 Å². The second kappa shape index (κ2) is 12.2. The Bertz CT molecular complexity index is 259. The molecule has 0 aromatic rings. The summed E-state index contributed by atoms with van der Waals surface area (Å²) in [4.78, 5) is 0. The summed E-state index contributed by atoms with van der Waals surface area (Å²) < 4.78 is 0. The van der Waals surface area contributed by atoms with Crippen LogP contribution in [-0.4, -0.2) is 11.2 Å². The first-order valence-electron chi connectivity index (χ1n) is 6.47. The first-order chi connectivity index (χ1) is 7.81. The van der Waals surface area contributed by atoms with E-state index in [9.17, 15) is 5.11 Å². The summed E-state index contributed by atoms with van der Waals surface area (Å²) in [5.41, 5.74) is 0. The Labute approximate surface area is 101 Å². The number of hydrogen-bond acceptors (Lipinski definition) is 1. The Morgan fingerprint density at radius 2 is 1.62 bits per heavy atom. The molecule has 1 atom stereocenters. The van der Waals surface area contributed by atoms with Crippen molar-refractivity contribution in [2.24, 2.45) is 0 Å². The monoisotopic (exact) mass is 220 g/mol. The van der Waals surface area contributed by atoms with Crippen LogP contribution in [-0.2, 0) is 0 Å². The number of aliphatic hydroxyl groups is 1. The third kappa shape index (κ3) is 11.2. The van der Waals surface area contributed by atoms with E-state index in [1.54, 1.807) is 0 Å². The van der Waals surface area contributed by atoms with Crippen molar-refractivity contribution < 1.29 is 5.11 Å². The van der Waals surface area contributed by atoms with Crippen molar-refractivity contribution in [1.29, 1.82) is 0 Å². The molecular formula is C15H24O. The fraction of sp³-hybridized carbons (Fsp3) is 0.733. The van der Waals surface area contributed by atoms with Gasteiger partial charge in [-0.25, -0.2) is 0 Å². The van der Waals surface area contributed by atoms with Crippen molar-refractivity contribution >= 4 is 0 Å². The molecule has 0 saturated heterocycles. The van der Waals surface area contributed by atoms with E-state index in [1.807, 2.05) is 0 Å². The average Bonchev–Trinajstić information content (AvgIpc) is 2.28. The summed E-state index contributed by atoms with van der Waals surface area (Å²) in [5.74, 6) is 11.3. The zero-order chi connectivity index (χ0) is 12.1. The Morgan fingerprint density at radius 1 is 0.938 bits per heavy atom. The molecule has 0 radical (unpaired) electrons. The second-order valence-electron chi connectivity index (χ2n) is 4.04. The van der Waals surface area contributed by atoms with E-state index in [0.717, 1.165) is 25.7 Å². The summed E-state index contributed by atoms with van der Waals surface area (Å²) in [6, 6.07) is 0. The van der Waals surface area contributed by atoms with E-state index in [4.69, 9.17) is 0 Å². The number of hydrogen-bond donors (Lipinski definition) is 1. The molecular weight excluding hydrogens is 196 g/mol. The Morgan fingerprint density at radius 3 is 2.31 bits per heavy atom. The molecule has 0 rings (SSSR count). The molecule has 0 fully saturated rings. The van der Waals surface area contributed by atoms with Gasteiger partial charge in [0, 0.05) is 6.42 Å². The number of rotatable bonds is 7. The highest BCUT2D eigenvalue weighted by Gasteiger charge is 1.96. The first-order valence-corrected chi connectivity index (χ1v) is 6.47. The van der Waals surface area contributed by atoms with Crippen LogP contribution in [0.3, 0.4) is 0 Å². The van der Waals surface area contributed by atoms with E-state index >= 15 is 0 Å². The van der Waals surface area contributed by atoms with E-state index < -0.39 is 6.10 Å². The van der Waals surface area contributed by atoms with Crippen LogP contribution >= 0.6 is 0 Å². The average molecular weight is 220 g/mol.